The quantitative estimate of drug-likeness (QED) is 0.880. The number of ether oxygens (including phenoxy) is 1. The average molecular weight is 273 g/mol. The monoisotopic (exact) mass is 273 g/mol. The predicted molar refractivity (Wildman–Crippen MR) is 79.0 cm³/mol. The molecule has 1 atom stereocenters. The number of phenolic OH excluding ortho intramolecular Hbond substituents is 1. The van der Waals surface area contributed by atoms with Crippen molar-refractivity contribution >= 4 is 16.7 Å². The third kappa shape index (κ3) is 3.08. The lowest BCUT2D eigenvalue weighted by atomic mass is 10.0. The summed E-state index contributed by atoms with van der Waals surface area (Å²) in [6, 6.07) is 10.9. The number of benzene rings is 2. The van der Waals surface area contributed by atoms with Gasteiger partial charge < -0.3 is 15.2 Å². The number of hydrogen-bond donors (Lipinski definition) is 2. The van der Waals surface area contributed by atoms with Gasteiger partial charge >= 0.3 is 0 Å². The van der Waals surface area contributed by atoms with Crippen LogP contribution in [0.1, 0.15) is 24.2 Å². The van der Waals surface area contributed by atoms with Crippen molar-refractivity contribution in [1.82, 2.24) is 5.32 Å². The molecule has 0 saturated heterocycles. The molecule has 0 aromatic heterocycles. The molecule has 0 bridgehead atoms. The van der Waals surface area contributed by atoms with Gasteiger partial charge in [-0.1, -0.05) is 30.3 Å². The normalized spacial score (nSPS) is 12.3. The van der Waals surface area contributed by atoms with Gasteiger partial charge in [0.1, 0.15) is 5.75 Å². The lowest BCUT2D eigenvalue weighted by Crippen LogP contribution is -2.32. The molecule has 0 saturated carbocycles. The molecule has 0 fully saturated rings. The second-order valence-corrected chi connectivity index (χ2v) is 4.66. The zero-order valence-corrected chi connectivity index (χ0v) is 11.7. The van der Waals surface area contributed by atoms with Crippen molar-refractivity contribution in [3.63, 3.8) is 0 Å². The molecular formula is C16H19NO3. The Labute approximate surface area is 118 Å². The van der Waals surface area contributed by atoms with E-state index in [-0.39, 0.29) is 23.3 Å². The smallest absolute Gasteiger partial charge is 0.255 e. The summed E-state index contributed by atoms with van der Waals surface area (Å²) in [7, 11) is 0. The lowest BCUT2D eigenvalue weighted by Gasteiger charge is -2.13. The summed E-state index contributed by atoms with van der Waals surface area (Å²) in [5.74, 6) is -0.274. The fourth-order valence-electron chi connectivity index (χ4n) is 2.11. The van der Waals surface area contributed by atoms with Crippen molar-refractivity contribution in [3.05, 3.63) is 42.0 Å². The molecular weight excluding hydrogens is 254 g/mol. The van der Waals surface area contributed by atoms with Crippen molar-refractivity contribution in [2.24, 2.45) is 0 Å². The van der Waals surface area contributed by atoms with Crippen molar-refractivity contribution in [1.29, 1.82) is 0 Å². The van der Waals surface area contributed by atoms with Crippen LogP contribution in [0.3, 0.4) is 0 Å². The zero-order chi connectivity index (χ0) is 14.5. The highest BCUT2D eigenvalue weighted by Crippen LogP contribution is 2.28. The van der Waals surface area contributed by atoms with E-state index >= 15 is 0 Å². The highest BCUT2D eigenvalue weighted by molar-refractivity contribution is 6.03. The molecule has 0 radical (unpaired) electrons. The minimum Gasteiger partial charge on any atom is -0.506 e. The number of nitrogens with one attached hydrogen (secondary N) is 1. The van der Waals surface area contributed by atoms with E-state index in [4.69, 9.17) is 4.74 Å². The maximum Gasteiger partial charge on any atom is 0.255 e. The Morgan fingerprint density at radius 1 is 1.30 bits per heavy atom. The molecule has 1 unspecified atom stereocenters. The van der Waals surface area contributed by atoms with Crippen LogP contribution in [0.4, 0.5) is 0 Å². The summed E-state index contributed by atoms with van der Waals surface area (Å²) in [6.45, 7) is 4.83. The Hall–Kier alpha value is -2.07. The Balaban J connectivity index is 2.16. The van der Waals surface area contributed by atoms with Crippen LogP contribution in [0.25, 0.3) is 10.8 Å². The number of carbonyl (C=O) groups is 1. The average Bonchev–Trinajstić information content (AvgIpc) is 2.46. The summed E-state index contributed by atoms with van der Waals surface area (Å²) in [5.41, 5.74) is 0.285. The Morgan fingerprint density at radius 2 is 2.05 bits per heavy atom. The van der Waals surface area contributed by atoms with E-state index < -0.39 is 0 Å². The molecule has 2 rings (SSSR count). The standard InChI is InChI=1S/C16H19NO3/c1-3-20-11(2)10-17-16(19)14-9-8-12-6-4-5-7-13(12)15(14)18/h4-9,11,18H,3,10H2,1-2H3,(H,17,19). The van der Waals surface area contributed by atoms with E-state index in [2.05, 4.69) is 5.32 Å². The molecule has 0 spiro atoms. The van der Waals surface area contributed by atoms with Gasteiger partial charge in [-0.3, -0.25) is 4.79 Å². The van der Waals surface area contributed by atoms with Crippen LogP contribution in [0, 0.1) is 0 Å². The molecule has 0 aliphatic carbocycles. The van der Waals surface area contributed by atoms with Crippen LogP contribution in [0.5, 0.6) is 5.75 Å². The molecule has 4 heteroatoms. The van der Waals surface area contributed by atoms with Crippen LogP contribution in [0.2, 0.25) is 0 Å². The minimum atomic E-state index is -0.292. The first-order valence-corrected chi connectivity index (χ1v) is 6.74. The first-order chi connectivity index (χ1) is 9.63. The lowest BCUT2D eigenvalue weighted by molar-refractivity contribution is 0.0694. The maximum absolute atomic E-state index is 12.1. The molecule has 2 aromatic rings. The second-order valence-electron chi connectivity index (χ2n) is 4.66. The molecule has 2 N–H and O–H groups in total. The van der Waals surface area contributed by atoms with Crippen LogP contribution < -0.4 is 5.32 Å². The van der Waals surface area contributed by atoms with E-state index in [1.165, 1.54) is 0 Å². The van der Waals surface area contributed by atoms with E-state index in [0.29, 0.717) is 18.5 Å². The van der Waals surface area contributed by atoms with Crippen molar-refractivity contribution in [2.45, 2.75) is 20.0 Å². The fraction of sp³-hybridized carbons (Fsp3) is 0.312. The van der Waals surface area contributed by atoms with E-state index in [9.17, 15) is 9.90 Å². The molecule has 20 heavy (non-hydrogen) atoms. The van der Waals surface area contributed by atoms with Gasteiger partial charge in [-0.15, -0.1) is 0 Å². The Bertz CT molecular complexity index is 610. The van der Waals surface area contributed by atoms with Crippen LogP contribution in [-0.4, -0.2) is 30.3 Å². The van der Waals surface area contributed by atoms with Gasteiger partial charge in [0, 0.05) is 18.5 Å². The first kappa shape index (κ1) is 14.3. The largest absolute Gasteiger partial charge is 0.506 e. The third-order valence-corrected chi connectivity index (χ3v) is 3.15. The van der Waals surface area contributed by atoms with Crippen molar-refractivity contribution in [2.75, 3.05) is 13.2 Å². The van der Waals surface area contributed by atoms with Gasteiger partial charge in [0.15, 0.2) is 0 Å². The van der Waals surface area contributed by atoms with Gasteiger partial charge in [-0.2, -0.15) is 0 Å². The number of rotatable bonds is 5. The second kappa shape index (κ2) is 6.39. The molecule has 0 aliphatic heterocycles. The molecule has 0 heterocycles. The summed E-state index contributed by atoms with van der Waals surface area (Å²) >= 11 is 0. The van der Waals surface area contributed by atoms with Gasteiger partial charge in [0.25, 0.3) is 5.91 Å². The molecule has 106 valence electrons. The molecule has 1 amide bonds. The van der Waals surface area contributed by atoms with E-state index in [1.807, 2.05) is 38.1 Å². The molecule has 0 aliphatic rings. The number of phenols is 1. The summed E-state index contributed by atoms with van der Waals surface area (Å²) in [6.07, 6.45) is -0.0495. The highest BCUT2D eigenvalue weighted by atomic mass is 16.5. The Kier molecular flexibility index (Phi) is 4.58. The van der Waals surface area contributed by atoms with Gasteiger partial charge in [-0.05, 0) is 25.3 Å². The van der Waals surface area contributed by atoms with Gasteiger partial charge in [0.05, 0.1) is 11.7 Å². The summed E-state index contributed by atoms with van der Waals surface area (Å²) in [4.78, 5) is 12.1. The number of aromatic hydroxyl groups is 1. The summed E-state index contributed by atoms with van der Waals surface area (Å²) in [5, 5.41) is 14.5. The molecule has 4 nitrogen and oxygen atoms in total. The maximum atomic E-state index is 12.1. The molecule has 2 aromatic carbocycles. The fourth-order valence-corrected chi connectivity index (χ4v) is 2.11. The third-order valence-electron chi connectivity index (χ3n) is 3.15. The van der Waals surface area contributed by atoms with Gasteiger partial charge in [0.2, 0.25) is 0 Å². The van der Waals surface area contributed by atoms with Crippen LogP contribution in [0.15, 0.2) is 36.4 Å². The topological polar surface area (TPSA) is 58.6 Å². The number of hydrogen-bond acceptors (Lipinski definition) is 3. The highest BCUT2D eigenvalue weighted by Gasteiger charge is 2.14. The number of carbonyl (C=O) groups excluding carboxylic acids is 1. The van der Waals surface area contributed by atoms with Crippen LogP contribution >= 0.6 is 0 Å². The zero-order valence-electron chi connectivity index (χ0n) is 11.7. The van der Waals surface area contributed by atoms with E-state index in [1.54, 1.807) is 12.1 Å². The van der Waals surface area contributed by atoms with Crippen molar-refractivity contribution < 1.29 is 14.6 Å². The first-order valence-electron chi connectivity index (χ1n) is 6.74. The van der Waals surface area contributed by atoms with E-state index in [0.717, 1.165) is 5.39 Å². The minimum absolute atomic E-state index is 0.0182. The number of amides is 1. The predicted octanol–water partition coefficient (Wildman–Crippen LogP) is 2.70. The van der Waals surface area contributed by atoms with Crippen LogP contribution in [-0.2, 0) is 4.74 Å². The van der Waals surface area contributed by atoms with Gasteiger partial charge in [-0.25, -0.2) is 0 Å². The van der Waals surface area contributed by atoms with Crippen molar-refractivity contribution in [3.8, 4) is 5.75 Å². The number of fused-ring (bicyclic) bond motifs is 1. The Morgan fingerprint density at radius 3 is 2.80 bits per heavy atom. The SMILES string of the molecule is CCOC(C)CNC(=O)c1ccc2ccccc2c1O. The summed E-state index contributed by atoms with van der Waals surface area (Å²) < 4.78 is 5.35.